The monoisotopic (exact) mass is 310 g/mol. The molecule has 1 aliphatic rings. The molecule has 0 unspecified atom stereocenters. The number of piperidine rings is 1. The zero-order chi connectivity index (χ0) is 15.5. The molecule has 0 aromatic heterocycles. The highest BCUT2D eigenvalue weighted by Crippen LogP contribution is 2.18. The Labute approximate surface area is 126 Å². The number of rotatable bonds is 3. The van der Waals surface area contributed by atoms with Crippen molar-refractivity contribution in [2.24, 2.45) is 5.92 Å². The van der Waals surface area contributed by atoms with Crippen LogP contribution in [0.1, 0.15) is 26.7 Å². The van der Waals surface area contributed by atoms with E-state index in [1.165, 1.54) is 12.1 Å². The van der Waals surface area contributed by atoms with Gasteiger partial charge in [0.1, 0.15) is 0 Å². The molecule has 0 saturated carbocycles. The normalized spacial score (nSPS) is 19.3. The van der Waals surface area contributed by atoms with Crippen LogP contribution in [0.2, 0.25) is 0 Å². The Morgan fingerprint density at radius 3 is 2.57 bits per heavy atom. The Kier molecular flexibility index (Phi) is 4.88. The van der Waals surface area contributed by atoms with Crippen LogP contribution in [-0.4, -0.2) is 38.2 Å². The summed E-state index contributed by atoms with van der Waals surface area (Å²) in [7, 11) is -3.19. The number of benzene rings is 1. The standard InChI is InChI=1S/C15H22N2O3S/c1-3-21(19,20)14-8-6-13(7-9-14)16-15(18)17-10-4-5-12(2)11-17/h6-9,12H,3-5,10-11H2,1-2H3,(H,16,18)/t12-/m1/s1. The summed E-state index contributed by atoms with van der Waals surface area (Å²) in [6.07, 6.45) is 2.19. The Morgan fingerprint density at radius 2 is 2.00 bits per heavy atom. The average Bonchev–Trinajstić information content (AvgIpc) is 2.48. The summed E-state index contributed by atoms with van der Waals surface area (Å²) in [5, 5.41) is 2.82. The Hall–Kier alpha value is -1.56. The molecule has 21 heavy (non-hydrogen) atoms. The highest BCUT2D eigenvalue weighted by molar-refractivity contribution is 7.91. The molecule has 1 N–H and O–H groups in total. The third-order valence-electron chi connectivity index (χ3n) is 3.79. The van der Waals surface area contributed by atoms with Crippen LogP contribution in [0.25, 0.3) is 0 Å². The molecule has 1 saturated heterocycles. The van der Waals surface area contributed by atoms with Crippen molar-refractivity contribution in [3.8, 4) is 0 Å². The van der Waals surface area contributed by atoms with E-state index >= 15 is 0 Å². The van der Waals surface area contributed by atoms with Crippen LogP contribution >= 0.6 is 0 Å². The van der Waals surface area contributed by atoms with Crippen LogP contribution in [0.3, 0.4) is 0 Å². The number of amides is 2. The lowest BCUT2D eigenvalue weighted by Crippen LogP contribution is -2.41. The van der Waals surface area contributed by atoms with E-state index < -0.39 is 9.84 Å². The first-order valence-corrected chi connectivity index (χ1v) is 8.96. The molecule has 1 aliphatic heterocycles. The lowest BCUT2D eigenvalue weighted by Gasteiger charge is -2.30. The van der Waals surface area contributed by atoms with Gasteiger partial charge in [0.05, 0.1) is 10.6 Å². The van der Waals surface area contributed by atoms with Crippen molar-refractivity contribution in [1.82, 2.24) is 4.90 Å². The number of urea groups is 1. The van der Waals surface area contributed by atoms with Gasteiger partial charge in [0.25, 0.3) is 0 Å². The third kappa shape index (κ3) is 3.97. The molecular formula is C15H22N2O3S. The minimum Gasteiger partial charge on any atom is -0.324 e. The zero-order valence-corrected chi connectivity index (χ0v) is 13.3. The van der Waals surface area contributed by atoms with Crippen LogP contribution in [0.15, 0.2) is 29.2 Å². The van der Waals surface area contributed by atoms with Gasteiger partial charge >= 0.3 is 6.03 Å². The first kappa shape index (κ1) is 15.8. The van der Waals surface area contributed by atoms with E-state index in [4.69, 9.17) is 0 Å². The van der Waals surface area contributed by atoms with E-state index in [1.54, 1.807) is 19.1 Å². The van der Waals surface area contributed by atoms with Crippen LogP contribution in [-0.2, 0) is 9.84 Å². The molecule has 116 valence electrons. The third-order valence-corrected chi connectivity index (χ3v) is 5.54. The summed E-state index contributed by atoms with van der Waals surface area (Å²) in [6.45, 7) is 5.30. The molecule has 2 amide bonds. The van der Waals surface area contributed by atoms with Crippen molar-refractivity contribution in [2.45, 2.75) is 31.6 Å². The number of likely N-dealkylation sites (tertiary alicyclic amines) is 1. The van der Waals surface area contributed by atoms with E-state index in [0.717, 1.165) is 25.9 Å². The zero-order valence-electron chi connectivity index (χ0n) is 12.5. The predicted molar refractivity (Wildman–Crippen MR) is 83.2 cm³/mol. The predicted octanol–water partition coefficient (Wildman–Crippen LogP) is 2.74. The number of hydrogen-bond acceptors (Lipinski definition) is 3. The number of hydrogen-bond donors (Lipinski definition) is 1. The number of carbonyl (C=O) groups excluding carboxylic acids is 1. The quantitative estimate of drug-likeness (QED) is 0.933. The molecule has 0 spiro atoms. The summed E-state index contributed by atoms with van der Waals surface area (Å²) >= 11 is 0. The Morgan fingerprint density at radius 1 is 1.33 bits per heavy atom. The van der Waals surface area contributed by atoms with Crippen molar-refractivity contribution in [3.63, 3.8) is 0 Å². The van der Waals surface area contributed by atoms with E-state index in [9.17, 15) is 13.2 Å². The Balaban J connectivity index is 2.02. The van der Waals surface area contributed by atoms with Gasteiger partial charge in [0, 0.05) is 18.8 Å². The summed E-state index contributed by atoms with van der Waals surface area (Å²) in [5.74, 6) is 0.603. The number of anilines is 1. The second kappa shape index (κ2) is 6.47. The summed E-state index contributed by atoms with van der Waals surface area (Å²) < 4.78 is 23.4. The fourth-order valence-corrected chi connectivity index (χ4v) is 3.37. The largest absolute Gasteiger partial charge is 0.324 e. The fraction of sp³-hybridized carbons (Fsp3) is 0.533. The smallest absolute Gasteiger partial charge is 0.321 e. The van der Waals surface area contributed by atoms with Crippen molar-refractivity contribution < 1.29 is 13.2 Å². The van der Waals surface area contributed by atoms with Crippen molar-refractivity contribution in [3.05, 3.63) is 24.3 Å². The summed E-state index contributed by atoms with van der Waals surface area (Å²) in [6, 6.07) is 6.22. The summed E-state index contributed by atoms with van der Waals surface area (Å²) in [4.78, 5) is 14.2. The molecule has 5 nitrogen and oxygen atoms in total. The lowest BCUT2D eigenvalue weighted by molar-refractivity contribution is 0.182. The number of carbonyl (C=O) groups is 1. The maximum absolute atomic E-state index is 12.1. The highest BCUT2D eigenvalue weighted by Gasteiger charge is 2.21. The van der Waals surface area contributed by atoms with Gasteiger partial charge in [-0.3, -0.25) is 0 Å². The molecule has 0 aliphatic carbocycles. The Bertz CT molecular complexity index is 596. The van der Waals surface area contributed by atoms with Crippen molar-refractivity contribution in [1.29, 1.82) is 0 Å². The van der Waals surface area contributed by atoms with E-state index in [0.29, 0.717) is 11.6 Å². The molecule has 1 atom stereocenters. The summed E-state index contributed by atoms with van der Waals surface area (Å²) in [5.41, 5.74) is 0.619. The van der Waals surface area contributed by atoms with Gasteiger partial charge in [-0.05, 0) is 43.0 Å². The average molecular weight is 310 g/mol. The fourth-order valence-electron chi connectivity index (χ4n) is 2.49. The van der Waals surface area contributed by atoms with E-state index in [2.05, 4.69) is 12.2 Å². The number of sulfone groups is 1. The van der Waals surface area contributed by atoms with Gasteiger partial charge in [-0.25, -0.2) is 13.2 Å². The van der Waals surface area contributed by atoms with E-state index in [1.807, 2.05) is 4.90 Å². The first-order chi connectivity index (χ1) is 9.92. The minimum absolute atomic E-state index is 0.0738. The van der Waals surface area contributed by atoms with Crippen LogP contribution in [0.4, 0.5) is 10.5 Å². The molecule has 6 heteroatoms. The number of nitrogens with one attached hydrogen (secondary N) is 1. The van der Waals surface area contributed by atoms with Crippen LogP contribution < -0.4 is 5.32 Å². The van der Waals surface area contributed by atoms with Gasteiger partial charge in [-0.15, -0.1) is 0 Å². The molecule has 1 aromatic rings. The molecule has 1 heterocycles. The van der Waals surface area contributed by atoms with E-state index in [-0.39, 0.29) is 16.7 Å². The molecule has 1 fully saturated rings. The van der Waals surface area contributed by atoms with Gasteiger partial charge < -0.3 is 10.2 Å². The molecule has 1 aromatic carbocycles. The van der Waals surface area contributed by atoms with Gasteiger partial charge in [0.2, 0.25) is 0 Å². The second-order valence-electron chi connectivity index (χ2n) is 5.55. The van der Waals surface area contributed by atoms with Gasteiger partial charge in [0.15, 0.2) is 9.84 Å². The first-order valence-electron chi connectivity index (χ1n) is 7.31. The van der Waals surface area contributed by atoms with Crippen LogP contribution in [0, 0.1) is 5.92 Å². The minimum atomic E-state index is -3.19. The maximum Gasteiger partial charge on any atom is 0.321 e. The second-order valence-corrected chi connectivity index (χ2v) is 7.83. The lowest BCUT2D eigenvalue weighted by atomic mass is 10.0. The molecular weight excluding hydrogens is 288 g/mol. The SMILES string of the molecule is CCS(=O)(=O)c1ccc(NC(=O)N2CCC[C@@H](C)C2)cc1. The molecule has 2 rings (SSSR count). The van der Waals surface area contributed by atoms with Gasteiger partial charge in [-0.1, -0.05) is 13.8 Å². The number of nitrogens with zero attached hydrogens (tertiary/aromatic N) is 1. The van der Waals surface area contributed by atoms with Crippen molar-refractivity contribution in [2.75, 3.05) is 24.2 Å². The van der Waals surface area contributed by atoms with Crippen molar-refractivity contribution >= 4 is 21.6 Å². The maximum atomic E-state index is 12.1. The van der Waals surface area contributed by atoms with Gasteiger partial charge in [-0.2, -0.15) is 0 Å². The molecule has 0 radical (unpaired) electrons. The molecule has 0 bridgehead atoms. The topological polar surface area (TPSA) is 66.5 Å². The van der Waals surface area contributed by atoms with Crippen LogP contribution in [0.5, 0.6) is 0 Å². The highest BCUT2D eigenvalue weighted by atomic mass is 32.2.